The third kappa shape index (κ3) is 2.06. The molecule has 0 atom stereocenters. The molecule has 0 bridgehead atoms. The average Bonchev–Trinajstić information content (AvgIpc) is 2.40. The highest BCUT2D eigenvalue weighted by Crippen LogP contribution is 2.35. The number of benzene rings is 2. The molecule has 0 radical (unpaired) electrons. The fourth-order valence-electron chi connectivity index (χ4n) is 2.41. The molecule has 0 amide bonds. The van der Waals surface area contributed by atoms with Crippen LogP contribution in [0.4, 0.5) is 0 Å². The van der Waals surface area contributed by atoms with E-state index in [9.17, 15) is 9.90 Å². The Morgan fingerprint density at radius 2 is 1.80 bits per heavy atom. The lowest BCUT2D eigenvalue weighted by Gasteiger charge is -2.11. The highest BCUT2D eigenvalue weighted by Gasteiger charge is 2.10. The first-order valence-corrected chi connectivity index (χ1v) is 6.55. The predicted molar refractivity (Wildman–Crippen MR) is 81.4 cm³/mol. The van der Waals surface area contributed by atoms with Gasteiger partial charge in [-0.2, -0.15) is 0 Å². The molecule has 2 aromatic carbocycles. The number of nitrogens with one attached hydrogen (secondary N) is 1. The summed E-state index contributed by atoms with van der Waals surface area (Å²) in [7, 11) is 0. The van der Waals surface area contributed by atoms with E-state index in [-0.39, 0.29) is 11.3 Å². The first kappa shape index (κ1) is 12.8. The maximum absolute atomic E-state index is 11.3. The van der Waals surface area contributed by atoms with E-state index in [4.69, 9.17) is 11.6 Å². The summed E-state index contributed by atoms with van der Waals surface area (Å²) in [6.45, 7) is 1.96. The summed E-state index contributed by atoms with van der Waals surface area (Å²) in [6, 6.07) is 12.1. The third-order valence-corrected chi connectivity index (χ3v) is 3.66. The summed E-state index contributed by atoms with van der Waals surface area (Å²) < 4.78 is 0. The normalized spacial score (nSPS) is 10.9. The van der Waals surface area contributed by atoms with E-state index in [2.05, 4.69) is 4.98 Å². The molecule has 3 aromatic rings. The van der Waals surface area contributed by atoms with E-state index in [1.807, 2.05) is 19.1 Å². The van der Waals surface area contributed by atoms with Crippen molar-refractivity contribution in [3.63, 3.8) is 0 Å². The summed E-state index contributed by atoms with van der Waals surface area (Å²) in [5, 5.41) is 11.5. The first-order valence-electron chi connectivity index (χ1n) is 6.18. The first-order chi connectivity index (χ1) is 9.56. The Kier molecular flexibility index (Phi) is 2.99. The molecule has 1 aromatic heterocycles. The second-order valence-electron chi connectivity index (χ2n) is 4.68. The fourth-order valence-corrected chi connectivity index (χ4v) is 2.58. The van der Waals surface area contributed by atoms with Crippen molar-refractivity contribution in [2.45, 2.75) is 6.92 Å². The second-order valence-corrected chi connectivity index (χ2v) is 5.12. The molecular formula is C16H12ClNO2. The summed E-state index contributed by atoms with van der Waals surface area (Å²) in [5.74, 6) is 0.143. The summed E-state index contributed by atoms with van der Waals surface area (Å²) in [4.78, 5) is 14.1. The molecule has 20 heavy (non-hydrogen) atoms. The number of halogens is 1. The number of pyridine rings is 1. The largest absolute Gasteiger partial charge is 0.507 e. The van der Waals surface area contributed by atoms with Crippen LogP contribution in [0, 0.1) is 6.92 Å². The van der Waals surface area contributed by atoms with Crippen LogP contribution in [0.5, 0.6) is 5.75 Å². The van der Waals surface area contributed by atoms with Gasteiger partial charge in [-0.15, -0.1) is 0 Å². The fraction of sp³-hybridized carbons (Fsp3) is 0.0625. The van der Waals surface area contributed by atoms with Gasteiger partial charge < -0.3 is 10.1 Å². The molecule has 0 aliphatic carbocycles. The smallest absolute Gasteiger partial charge is 0.248 e. The Balaban J connectivity index is 2.29. The van der Waals surface area contributed by atoms with Crippen molar-refractivity contribution in [3.8, 4) is 16.9 Å². The van der Waals surface area contributed by atoms with Gasteiger partial charge in [0.1, 0.15) is 5.75 Å². The van der Waals surface area contributed by atoms with E-state index in [1.165, 1.54) is 12.1 Å². The molecule has 1 heterocycles. The predicted octanol–water partition coefficient (Wildman–Crippen LogP) is 3.86. The van der Waals surface area contributed by atoms with Crippen LogP contribution in [0.25, 0.3) is 22.0 Å². The minimum Gasteiger partial charge on any atom is -0.507 e. The number of aromatic hydroxyl groups is 1. The minimum atomic E-state index is -0.126. The van der Waals surface area contributed by atoms with E-state index >= 15 is 0 Å². The lowest BCUT2D eigenvalue weighted by Crippen LogP contribution is -2.03. The van der Waals surface area contributed by atoms with Gasteiger partial charge in [-0.3, -0.25) is 4.79 Å². The quantitative estimate of drug-likeness (QED) is 0.713. The van der Waals surface area contributed by atoms with Gasteiger partial charge in [0.05, 0.1) is 0 Å². The molecule has 0 fully saturated rings. The van der Waals surface area contributed by atoms with Crippen molar-refractivity contribution < 1.29 is 5.11 Å². The standard InChI is InChI=1S/C16H12ClNO2/c1-9-11(13-3-2-10(17)8-15(13)19)4-6-14-12(9)5-7-16(20)18-14/h2-8,19H,1H3,(H,18,20). The Morgan fingerprint density at radius 3 is 2.55 bits per heavy atom. The van der Waals surface area contributed by atoms with Crippen molar-refractivity contribution in [2.75, 3.05) is 0 Å². The molecule has 0 unspecified atom stereocenters. The maximum Gasteiger partial charge on any atom is 0.248 e. The van der Waals surface area contributed by atoms with E-state index < -0.39 is 0 Å². The van der Waals surface area contributed by atoms with Crippen molar-refractivity contribution in [1.82, 2.24) is 4.98 Å². The van der Waals surface area contributed by atoms with Crippen molar-refractivity contribution in [1.29, 1.82) is 0 Å². The zero-order valence-corrected chi connectivity index (χ0v) is 11.5. The van der Waals surface area contributed by atoms with Crippen LogP contribution in [0.3, 0.4) is 0 Å². The summed E-state index contributed by atoms with van der Waals surface area (Å²) in [5.41, 5.74) is 3.29. The van der Waals surface area contributed by atoms with E-state index in [1.54, 1.807) is 18.2 Å². The average molecular weight is 286 g/mol. The van der Waals surface area contributed by atoms with Gasteiger partial charge in [0.25, 0.3) is 0 Å². The summed E-state index contributed by atoms with van der Waals surface area (Å²) in [6.07, 6.45) is 0. The number of phenolic OH excluding ortho intramolecular Hbond substituents is 1. The van der Waals surface area contributed by atoms with Crippen LogP contribution in [0.15, 0.2) is 47.3 Å². The van der Waals surface area contributed by atoms with Crippen LogP contribution >= 0.6 is 11.6 Å². The molecule has 4 heteroatoms. The number of aromatic nitrogens is 1. The molecule has 0 spiro atoms. The van der Waals surface area contributed by atoms with E-state index in [0.29, 0.717) is 5.02 Å². The van der Waals surface area contributed by atoms with Gasteiger partial charge in [0.15, 0.2) is 0 Å². The Morgan fingerprint density at radius 1 is 1.05 bits per heavy atom. The molecule has 3 rings (SSSR count). The van der Waals surface area contributed by atoms with Gasteiger partial charge in [0.2, 0.25) is 5.56 Å². The summed E-state index contributed by atoms with van der Waals surface area (Å²) >= 11 is 5.86. The van der Waals surface area contributed by atoms with Gasteiger partial charge in [-0.1, -0.05) is 17.7 Å². The zero-order chi connectivity index (χ0) is 14.3. The molecule has 0 saturated carbocycles. The topological polar surface area (TPSA) is 53.1 Å². The Bertz CT molecular complexity index is 868. The molecule has 100 valence electrons. The van der Waals surface area contributed by atoms with Crippen molar-refractivity contribution in [2.24, 2.45) is 0 Å². The number of rotatable bonds is 1. The highest BCUT2D eigenvalue weighted by molar-refractivity contribution is 6.30. The lowest BCUT2D eigenvalue weighted by molar-refractivity contribution is 0.477. The van der Waals surface area contributed by atoms with Gasteiger partial charge in [-0.25, -0.2) is 0 Å². The van der Waals surface area contributed by atoms with Crippen LogP contribution in [-0.2, 0) is 0 Å². The van der Waals surface area contributed by atoms with Crippen molar-refractivity contribution >= 4 is 22.5 Å². The third-order valence-electron chi connectivity index (χ3n) is 3.42. The van der Waals surface area contributed by atoms with Crippen LogP contribution < -0.4 is 5.56 Å². The second kappa shape index (κ2) is 4.69. The van der Waals surface area contributed by atoms with Gasteiger partial charge >= 0.3 is 0 Å². The van der Waals surface area contributed by atoms with Gasteiger partial charge in [0, 0.05) is 27.6 Å². The number of H-pyrrole nitrogens is 1. The number of fused-ring (bicyclic) bond motifs is 1. The van der Waals surface area contributed by atoms with E-state index in [0.717, 1.165) is 27.6 Å². The Hall–Kier alpha value is -2.26. The monoisotopic (exact) mass is 285 g/mol. The van der Waals surface area contributed by atoms with Crippen LogP contribution in [-0.4, -0.2) is 10.1 Å². The molecule has 0 aliphatic heterocycles. The Labute approximate surface area is 120 Å². The number of hydrogen-bond donors (Lipinski definition) is 2. The highest BCUT2D eigenvalue weighted by atomic mass is 35.5. The molecule has 0 aliphatic rings. The molecule has 2 N–H and O–H groups in total. The minimum absolute atomic E-state index is 0.126. The molecule has 0 saturated heterocycles. The van der Waals surface area contributed by atoms with Gasteiger partial charge in [-0.05, 0) is 48.4 Å². The van der Waals surface area contributed by atoms with Crippen molar-refractivity contribution in [3.05, 3.63) is 63.4 Å². The van der Waals surface area contributed by atoms with Crippen LogP contribution in [0.1, 0.15) is 5.56 Å². The molecular weight excluding hydrogens is 274 g/mol. The number of phenols is 1. The number of hydrogen-bond acceptors (Lipinski definition) is 2. The van der Waals surface area contributed by atoms with Crippen LogP contribution in [0.2, 0.25) is 5.02 Å². The number of aromatic amines is 1. The zero-order valence-electron chi connectivity index (χ0n) is 10.8. The maximum atomic E-state index is 11.3. The SMILES string of the molecule is Cc1c(-c2ccc(Cl)cc2O)ccc2[nH]c(=O)ccc12. The number of aryl methyl sites for hydroxylation is 1. The lowest BCUT2D eigenvalue weighted by atomic mass is 9.96. The molecule has 3 nitrogen and oxygen atoms in total.